The Balaban J connectivity index is 2.62. The number of aliphatic hydroxyl groups is 1. The third-order valence-corrected chi connectivity index (χ3v) is 2.50. The molecule has 0 aliphatic heterocycles. The van der Waals surface area contributed by atoms with E-state index in [2.05, 4.69) is 5.32 Å². The topological polar surface area (TPSA) is 69.6 Å². The van der Waals surface area contributed by atoms with Crippen molar-refractivity contribution in [1.82, 2.24) is 10.2 Å². The largest absolute Gasteiger partial charge is 0.394 e. The molecule has 1 aromatic carbocycles. The van der Waals surface area contributed by atoms with Gasteiger partial charge in [-0.3, -0.25) is 9.59 Å². The van der Waals surface area contributed by atoms with Gasteiger partial charge in [-0.05, 0) is 5.56 Å². The predicted molar refractivity (Wildman–Crippen MR) is 67.6 cm³/mol. The van der Waals surface area contributed by atoms with Gasteiger partial charge in [0.1, 0.15) is 6.04 Å². The number of amides is 2. The Labute approximate surface area is 106 Å². The number of hydrogen-bond donors (Lipinski definition) is 2. The lowest BCUT2D eigenvalue weighted by molar-refractivity contribution is -0.136. The van der Waals surface area contributed by atoms with E-state index in [4.69, 9.17) is 5.11 Å². The quantitative estimate of drug-likeness (QED) is 0.781. The molecule has 0 radical (unpaired) electrons. The Bertz CT molecular complexity index is 406. The molecule has 98 valence electrons. The molecule has 1 aromatic rings. The minimum absolute atomic E-state index is 0.309. The van der Waals surface area contributed by atoms with Crippen LogP contribution in [0.5, 0.6) is 0 Å². The van der Waals surface area contributed by atoms with Crippen LogP contribution in [-0.4, -0.2) is 41.5 Å². The normalized spacial score (nSPS) is 11.7. The number of likely N-dealkylation sites (N-methyl/N-ethyl adjacent to an activating group) is 1. The molecule has 0 fully saturated rings. The van der Waals surface area contributed by atoms with Crippen molar-refractivity contribution in [3.05, 3.63) is 35.9 Å². The van der Waals surface area contributed by atoms with Gasteiger partial charge in [0.2, 0.25) is 11.8 Å². The maximum Gasteiger partial charge on any atom is 0.247 e. The van der Waals surface area contributed by atoms with Gasteiger partial charge in [0, 0.05) is 20.5 Å². The molecule has 0 saturated heterocycles. The summed E-state index contributed by atoms with van der Waals surface area (Å²) >= 11 is 0. The number of aliphatic hydroxyl groups excluding tert-OH is 1. The van der Waals surface area contributed by atoms with E-state index in [9.17, 15) is 9.59 Å². The number of carbonyl (C=O) groups excluding carboxylic acids is 2. The monoisotopic (exact) mass is 250 g/mol. The first-order chi connectivity index (χ1) is 8.54. The third kappa shape index (κ3) is 4.18. The number of nitrogens with one attached hydrogen (secondary N) is 1. The van der Waals surface area contributed by atoms with Crippen LogP contribution < -0.4 is 5.32 Å². The molecule has 18 heavy (non-hydrogen) atoms. The maximum atomic E-state index is 12.0. The highest BCUT2D eigenvalue weighted by atomic mass is 16.3. The zero-order valence-corrected chi connectivity index (χ0v) is 10.6. The van der Waals surface area contributed by atoms with E-state index in [0.29, 0.717) is 6.54 Å². The maximum absolute atomic E-state index is 12.0. The van der Waals surface area contributed by atoms with Gasteiger partial charge in [-0.2, -0.15) is 0 Å². The molecule has 5 nitrogen and oxygen atoms in total. The van der Waals surface area contributed by atoms with Crippen molar-refractivity contribution in [3.8, 4) is 0 Å². The van der Waals surface area contributed by atoms with Crippen molar-refractivity contribution < 1.29 is 14.7 Å². The Morgan fingerprint density at radius 3 is 2.44 bits per heavy atom. The molecule has 0 saturated carbocycles. The van der Waals surface area contributed by atoms with Crippen LogP contribution >= 0.6 is 0 Å². The molecule has 2 N–H and O–H groups in total. The summed E-state index contributed by atoms with van der Waals surface area (Å²) < 4.78 is 0. The molecule has 0 unspecified atom stereocenters. The first-order valence-corrected chi connectivity index (χ1v) is 5.71. The smallest absolute Gasteiger partial charge is 0.247 e. The summed E-state index contributed by atoms with van der Waals surface area (Å²) in [6.45, 7) is 1.35. The van der Waals surface area contributed by atoms with Gasteiger partial charge < -0.3 is 15.3 Å². The minimum Gasteiger partial charge on any atom is -0.394 e. The molecule has 1 rings (SSSR count). The zero-order valence-electron chi connectivity index (χ0n) is 10.6. The lowest BCUT2D eigenvalue weighted by atomic mass is 10.2. The Morgan fingerprint density at radius 1 is 1.33 bits per heavy atom. The van der Waals surface area contributed by atoms with Crippen LogP contribution in [0.25, 0.3) is 0 Å². The van der Waals surface area contributed by atoms with Gasteiger partial charge in [0.05, 0.1) is 6.61 Å². The molecule has 0 bridgehead atoms. The van der Waals surface area contributed by atoms with Crippen molar-refractivity contribution in [2.75, 3.05) is 13.7 Å². The van der Waals surface area contributed by atoms with Crippen LogP contribution in [0.1, 0.15) is 12.5 Å². The lowest BCUT2D eigenvalue weighted by Gasteiger charge is -2.23. The fraction of sp³-hybridized carbons (Fsp3) is 0.385. The summed E-state index contributed by atoms with van der Waals surface area (Å²) in [7, 11) is 1.64. The number of nitrogens with zero attached hydrogens (tertiary/aromatic N) is 1. The van der Waals surface area contributed by atoms with Crippen molar-refractivity contribution >= 4 is 11.8 Å². The molecule has 1 atom stereocenters. The van der Waals surface area contributed by atoms with Crippen LogP contribution in [0.2, 0.25) is 0 Å². The van der Waals surface area contributed by atoms with Crippen molar-refractivity contribution in [3.63, 3.8) is 0 Å². The average molecular weight is 250 g/mol. The summed E-state index contributed by atoms with van der Waals surface area (Å²) in [6, 6.07) is 8.64. The zero-order chi connectivity index (χ0) is 13.5. The molecule has 0 heterocycles. The molecular formula is C13H18N2O3. The first-order valence-electron chi connectivity index (χ1n) is 5.71. The van der Waals surface area contributed by atoms with Crippen LogP contribution in [0.4, 0.5) is 0 Å². The summed E-state index contributed by atoms with van der Waals surface area (Å²) in [6.07, 6.45) is 0. The van der Waals surface area contributed by atoms with E-state index < -0.39 is 12.6 Å². The van der Waals surface area contributed by atoms with Gasteiger partial charge in [-0.15, -0.1) is 0 Å². The highest BCUT2D eigenvalue weighted by Crippen LogP contribution is 2.04. The molecular weight excluding hydrogens is 232 g/mol. The van der Waals surface area contributed by atoms with Crippen LogP contribution in [0, 0.1) is 0 Å². The molecule has 2 amide bonds. The Kier molecular flexibility index (Phi) is 5.32. The molecule has 0 aliphatic carbocycles. The van der Waals surface area contributed by atoms with Crippen LogP contribution in [-0.2, 0) is 16.1 Å². The highest BCUT2D eigenvalue weighted by Gasteiger charge is 2.21. The Morgan fingerprint density at radius 2 is 1.94 bits per heavy atom. The summed E-state index contributed by atoms with van der Waals surface area (Å²) in [5.41, 5.74) is 0.993. The highest BCUT2D eigenvalue weighted by molar-refractivity contribution is 5.86. The van der Waals surface area contributed by atoms with E-state index in [0.717, 1.165) is 5.56 Å². The molecule has 0 aliphatic rings. The van der Waals surface area contributed by atoms with Gasteiger partial charge in [0.15, 0.2) is 0 Å². The van der Waals surface area contributed by atoms with Crippen LogP contribution in [0.3, 0.4) is 0 Å². The van der Waals surface area contributed by atoms with Crippen molar-refractivity contribution in [1.29, 1.82) is 0 Å². The van der Waals surface area contributed by atoms with Gasteiger partial charge in [-0.1, -0.05) is 30.3 Å². The fourth-order valence-electron chi connectivity index (χ4n) is 1.63. The Hall–Kier alpha value is -1.88. The first kappa shape index (κ1) is 14.2. The van der Waals surface area contributed by atoms with E-state index in [1.54, 1.807) is 7.05 Å². The van der Waals surface area contributed by atoms with Crippen LogP contribution in [0.15, 0.2) is 30.3 Å². The number of hydrogen-bond acceptors (Lipinski definition) is 3. The number of carbonyl (C=O) groups is 2. The number of rotatable bonds is 5. The summed E-state index contributed by atoms with van der Waals surface area (Å²) in [4.78, 5) is 24.3. The minimum atomic E-state index is -0.879. The van der Waals surface area contributed by atoms with Gasteiger partial charge >= 0.3 is 0 Å². The number of benzene rings is 1. The lowest BCUT2D eigenvalue weighted by Crippen LogP contribution is -2.48. The van der Waals surface area contributed by atoms with E-state index in [1.165, 1.54) is 11.8 Å². The van der Waals surface area contributed by atoms with E-state index in [1.807, 2.05) is 30.3 Å². The van der Waals surface area contributed by atoms with Crippen molar-refractivity contribution in [2.24, 2.45) is 0 Å². The fourth-order valence-corrected chi connectivity index (χ4v) is 1.63. The molecule has 0 aromatic heterocycles. The molecule has 0 spiro atoms. The van der Waals surface area contributed by atoms with E-state index in [-0.39, 0.29) is 11.8 Å². The average Bonchev–Trinajstić information content (AvgIpc) is 2.36. The second kappa shape index (κ2) is 6.76. The second-order valence-electron chi connectivity index (χ2n) is 4.12. The second-order valence-corrected chi connectivity index (χ2v) is 4.12. The SMILES string of the molecule is CC(=O)N[C@H](CO)C(=O)N(C)Cc1ccccc1. The van der Waals surface area contributed by atoms with E-state index >= 15 is 0 Å². The van der Waals surface area contributed by atoms with Gasteiger partial charge in [0.25, 0.3) is 0 Å². The summed E-state index contributed by atoms with van der Waals surface area (Å²) in [5, 5.41) is 11.5. The van der Waals surface area contributed by atoms with Crippen molar-refractivity contribution in [2.45, 2.75) is 19.5 Å². The van der Waals surface area contributed by atoms with Gasteiger partial charge in [-0.25, -0.2) is 0 Å². The molecule has 5 heteroatoms. The third-order valence-electron chi connectivity index (χ3n) is 2.50. The standard InChI is InChI=1S/C13H18N2O3/c1-10(17)14-12(9-16)13(18)15(2)8-11-6-4-3-5-7-11/h3-7,12,16H,8-9H2,1-2H3,(H,14,17)/t12-/m1/s1. The summed E-state index contributed by atoms with van der Waals surface area (Å²) in [5.74, 6) is -0.646. The predicted octanol–water partition coefficient (Wildman–Crippen LogP) is 0.142.